The predicted molar refractivity (Wildman–Crippen MR) is 274 cm³/mol. The summed E-state index contributed by atoms with van der Waals surface area (Å²) >= 11 is 0. The van der Waals surface area contributed by atoms with Crippen LogP contribution in [0.2, 0.25) is 0 Å². The molecule has 6 heteroatoms. The standard InChI is InChI=1S/C59H54N4O2/c1-31-24-34(4)53(35(5)25-31)57-46-17-15-44(60-46)56(42-14-23-52(65-11)41-13-12-40(64-10)30-43(41)42)45-16-18-47(61-45)58(54-36(6)26-32(2)27-37(54)7)49-20-22-51(63-49)59(50-21-19-48(57)62-50)55-38(8)28-33(3)29-39(55)9/h12-30,60,63H,1-11H3. The normalized spacial score (nSPS) is 12.1. The molecule has 0 fully saturated rings. The molecule has 0 saturated carbocycles. The summed E-state index contributed by atoms with van der Waals surface area (Å²) in [4.78, 5) is 19.3. The molecule has 65 heavy (non-hydrogen) atoms. The van der Waals surface area contributed by atoms with Crippen molar-refractivity contribution in [2.75, 3.05) is 14.2 Å². The van der Waals surface area contributed by atoms with E-state index in [0.717, 1.165) is 94.9 Å². The third-order valence-corrected chi connectivity index (χ3v) is 13.2. The van der Waals surface area contributed by atoms with Gasteiger partial charge in [-0.15, -0.1) is 0 Å². The number of fused-ring (bicyclic) bond motifs is 9. The zero-order chi connectivity index (χ0) is 45.4. The molecule has 0 atom stereocenters. The van der Waals surface area contributed by atoms with Crippen LogP contribution in [0.15, 0.2) is 91.0 Å². The minimum Gasteiger partial charge on any atom is -0.497 e. The Morgan fingerprint density at radius 3 is 1.09 bits per heavy atom. The molecule has 8 bridgehead atoms. The lowest BCUT2D eigenvalue weighted by Gasteiger charge is -2.15. The van der Waals surface area contributed by atoms with E-state index in [1.807, 2.05) is 6.07 Å². The fourth-order valence-corrected chi connectivity index (χ4v) is 10.8. The van der Waals surface area contributed by atoms with Crippen LogP contribution in [-0.4, -0.2) is 34.2 Å². The van der Waals surface area contributed by atoms with Crippen molar-refractivity contribution in [2.45, 2.75) is 62.3 Å². The van der Waals surface area contributed by atoms with E-state index < -0.39 is 0 Å². The molecule has 2 aliphatic rings. The quantitative estimate of drug-likeness (QED) is 0.175. The molecule has 5 aromatic carbocycles. The highest BCUT2D eigenvalue weighted by molar-refractivity contribution is 6.07. The summed E-state index contributed by atoms with van der Waals surface area (Å²) in [5.41, 5.74) is 27.0. The van der Waals surface area contributed by atoms with Gasteiger partial charge in [-0.1, -0.05) is 53.1 Å². The van der Waals surface area contributed by atoms with Crippen molar-refractivity contribution in [3.8, 4) is 56.0 Å². The van der Waals surface area contributed by atoms with Crippen molar-refractivity contribution in [3.05, 3.63) is 164 Å². The number of ether oxygens (including phenoxy) is 2. The summed E-state index contributed by atoms with van der Waals surface area (Å²) in [5, 5.41) is 1.98. The lowest BCUT2D eigenvalue weighted by Crippen LogP contribution is -1.96. The van der Waals surface area contributed by atoms with E-state index in [4.69, 9.17) is 19.4 Å². The van der Waals surface area contributed by atoms with Crippen molar-refractivity contribution in [1.82, 2.24) is 19.9 Å². The minimum absolute atomic E-state index is 0.763. The Bertz CT molecular complexity index is 3430. The van der Waals surface area contributed by atoms with Crippen molar-refractivity contribution in [1.29, 1.82) is 0 Å². The number of aromatic amines is 2. The number of hydrogen-bond acceptors (Lipinski definition) is 4. The summed E-state index contributed by atoms with van der Waals surface area (Å²) in [6.45, 7) is 19.8. The number of methoxy groups -OCH3 is 2. The fourth-order valence-electron chi connectivity index (χ4n) is 10.8. The first-order valence-corrected chi connectivity index (χ1v) is 22.4. The van der Waals surface area contributed by atoms with E-state index in [0.29, 0.717) is 0 Å². The second-order valence-electron chi connectivity index (χ2n) is 18.1. The van der Waals surface area contributed by atoms with E-state index in [9.17, 15) is 0 Å². The SMILES string of the molecule is COc1ccc2c(OC)ccc(-c3c4nc(c(-c5c(C)cc(C)cc5C)c5ccc([nH]5)c(-c5c(C)cc(C)cc5C)c5nc(c(-c6c(C)cc(C)cc6C)c6ccc3[nH]6)C=C5)C=C4)c2c1. The predicted octanol–water partition coefficient (Wildman–Crippen LogP) is 15.3. The van der Waals surface area contributed by atoms with Crippen LogP contribution in [0.25, 0.3) is 102 Å². The smallest absolute Gasteiger partial charge is 0.126 e. The molecule has 3 aromatic heterocycles. The molecule has 0 aliphatic carbocycles. The average molecular weight is 851 g/mol. The maximum atomic E-state index is 5.94. The van der Waals surface area contributed by atoms with Crippen LogP contribution < -0.4 is 9.47 Å². The highest BCUT2D eigenvalue weighted by atomic mass is 16.5. The van der Waals surface area contributed by atoms with E-state index >= 15 is 0 Å². The van der Waals surface area contributed by atoms with Gasteiger partial charge in [-0.2, -0.15) is 0 Å². The van der Waals surface area contributed by atoms with Gasteiger partial charge in [-0.05, 0) is 202 Å². The van der Waals surface area contributed by atoms with Gasteiger partial charge in [0.25, 0.3) is 0 Å². The van der Waals surface area contributed by atoms with Crippen molar-refractivity contribution < 1.29 is 9.47 Å². The van der Waals surface area contributed by atoms with E-state index in [2.05, 4.69) is 182 Å². The highest BCUT2D eigenvalue weighted by Crippen LogP contribution is 2.44. The maximum Gasteiger partial charge on any atom is 0.126 e. The summed E-state index contributed by atoms with van der Waals surface area (Å²) in [6.07, 6.45) is 8.74. The zero-order valence-corrected chi connectivity index (χ0v) is 39.2. The largest absolute Gasteiger partial charge is 0.497 e. The first-order chi connectivity index (χ1) is 31.3. The van der Waals surface area contributed by atoms with Gasteiger partial charge in [0, 0.05) is 49.7 Å². The van der Waals surface area contributed by atoms with E-state index in [-0.39, 0.29) is 0 Å². The van der Waals surface area contributed by atoms with Gasteiger partial charge in [0.1, 0.15) is 11.5 Å². The zero-order valence-electron chi connectivity index (χ0n) is 39.2. The van der Waals surface area contributed by atoms with Gasteiger partial charge >= 0.3 is 0 Å². The van der Waals surface area contributed by atoms with Crippen molar-refractivity contribution in [3.63, 3.8) is 0 Å². The van der Waals surface area contributed by atoms with Gasteiger partial charge < -0.3 is 19.4 Å². The molecular formula is C59H54N4O2. The highest BCUT2D eigenvalue weighted by Gasteiger charge is 2.23. The van der Waals surface area contributed by atoms with Gasteiger partial charge in [0.05, 0.1) is 37.0 Å². The van der Waals surface area contributed by atoms with Gasteiger partial charge in [-0.3, -0.25) is 0 Å². The second-order valence-corrected chi connectivity index (χ2v) is 18.1. The van der Waals surface area contributed by atoms with Gasteiger partial charge in [-0.25, -0.2) is 9.97 Å². The Labute approximate surface area is 381 Å². The Hall–Kier alpha value is -7.44. The molecular weight excluding hydrogens is 797 g/mol. The number of nitrogens with zero attached hydrogens (tertiary/aromatic N) is 2. The molecule has 8 aromatic rings. The molecule has 0 saturated heterocycles. The summed E-state index contributed by atoms with van der Waals surface area (Å²) in [7, 11) is 3.43. The number of aryl methyl sites for hydroxylation is 9. The Morgan fingerprint density at radius 2 is 0.723 bits per heavy atom. The minimum atomic E-state index is 0.763. The fraction of sp³-hybridized carbons (Fsp3) is 0.186. The molecule has 322 valence electrons. The van der Waals surface area contributed by atoms with Crippen molar-refractivity contribution >= 4 is 57.1 Å². The molecule has 2 aliphatic heterocycles. The van der Waals surface area contributed by atoms with Crippen molar-refractivity contribution in [2.24, 2.45) is 0 Å². The van der Waals surface area contributed by atoms with Crippen LogP contribution in [-0.2, 0) is 0 Å². The van der Waals surface area contributed by atoms with E-state index in [1.165, 1.54) is 66.8 Å². The third-order valence-electron chi connectivity index (χ3n) is 13.2. The molecule has 0 spiro atoms. The molecule has 5 heterocycles. The number of nitrogens with one attached hydrogen (secondary N) is 2. The first-order valence-electron chi connectivity index (χ1n) is 22.4. The number of rotatable bonds is 6. The van der Waals surface area contributed by atoms with Crippen LogP contribution in [0.1, 0.15) is 72.8 Å². The molecule has 10 rings (SSSR count). The first kappa shape index (κ1) is 41.6. The Morgan fingerprint density at radius 1 is 0.354 bits per heavy atom. The molecule has 6 nitrogen and oxygen atoms in total. The average Bonchev–Trinajstić information content (AvgIpc) is 4.11. The molecule has 2 N–H and O–H groups in total. The third kappa shape index (κ3) is 7.05. The summed E-state index contributed by atoms with van der Waals surface area (Å²) < 4.78 is 11.8. The number of hydrogen-bond donors (Lipinski definition) is 2. The van der Waals surface area contributed by atoms with Gasteiger partial charge in [0.15, 0.2) is 0 Å². The Balaban J connectivity index is 1.45. The molecule has 0 amide bonds. The monoisotopic (exact) mass is 850 g/mol. The lowest BCUT2D eigenvalue weighted by molar-refractivity contribution is 0.414. The Kier molecular flexibility index (Phi) is 10.2. The van der Waals surface area contributed by atoms with Crippen LogP contribution in [0.5, 0.6) is 11.5 Å². The van der Waals surface area contributed by atoms with Gasteiger partial charge in [0.2, 0.25) is 0 Å². The lowest BCUT2D eigenvalue weighted by atomic mass is 9.92. The molecule has 0 radical (unpaired) electrons. The van der Waals surface area contributed by atoms with Crippen LogP contribution in [0, 0.1) is 62.3 Å². The van der Waals surface area contributed by atoms with E-state index in [1.54, 1.807) is 14.2 Å². The van der Waals surface area contributed by atoms with Crippen LogP contribution >= 0.6 is 0 Å². The number of aromatic nitrogens is 4. The summed E-state index contributed by atoms with van der Waals surface area (Å²) in [5.74, 6) is 1.55. The van der Waals surface area contributed by atoms with Crippen LogP contribution in [0.4, 0.5) is 0 Å². The second kappa shape index (κ2) is 16.0. The molecule has 0 unspecified atom stereocenters. The number of benzene rings is 5. The van der Waals surface area contributed by atoms with Crippen LogP contribution in [0.3, 0.4) is 0 Å². The number of H-pyrrole nitrogens is 2. The maximum absolute atomic E-state index is 5.94. The summed E-state index contributed by atoms with van der Waals surface area (Å²) in [6, 6.07) is 32.9. The topological polar surface area (TPSA) is 75.8 Å².